The zero-order valence-electron chi connectivity index (χ0n) is 20.9. The van der Waals surface area contributed by atoms with E-state index in [0.29, 0.717) is 43.8 Å². The molecule has 0 aromatic rings. The topological polar surface area (TPSA) is 73.0 Å². The van der Waals surface area contributed by atoms with Gasteiger partial charge in [0.25, 0.3) is 0 Å². The van der Waals surface area contributed by atoms with E-state index in [1.54, 1.807) is 0 Å². The Labute approximate surface area is 199 Å². The number of nitrogens with one attached hydrogen (secondary N) is 1. The van der Waals surface area contributed by atoms with Crippen molar-refractivity contribution in [1.29, 1.82) is 0 Å². The normalized spacial score (nSPS) is 25.5. The van der Waals surface area contributed by atoms with Gasteiger partial charge >= 0.3 is 0 Å². The molecule has 0 bridgehead atoms. The van der Waals surface area contributed by atoms with Gasteiger partial charge in [-0.3, -0.25) is 14.4 Å². The lowest BCUT2D eigenvalue weighted by atomic mass is 9.92. The highest BCUT2D eigenvalue weighted by Gasteiger charge is 2.42. The zero-order valence-corrected chi connectivity index (χ0v) is 20.9. The molecule has 4 rings (SSSR count). The highest BCUT2D eigenvalue weighted by atomic mass is 16.2. The van der Waals surface area contributed by atoms with Gasteiger partial charge in [-0.15, -0.1) is 0 Å². The van der Waals surface area contributed by atoms with Gasteiger partial charge in [-0.1, -0.05) is 25.7 Å². The first kappa shape index (κ1) is 24.5. The van der Waals surface area contributed by atoms with Crippen molar-refractivity contribution >= 4 is 17.7 Å². The van der Waals surface area contributed by atoms with Crippen LogP contribution in [0.3, 0.4) is 0 Å². The van der Waals surface area contributed by atoms with Crippen LogP contribution >= 0.6 is 0 Å². The Morgan fingerprint density at radius 2 is 1.67 bits per heavy atom. The van der Waals surface area contributed by atoms with Gasteiger partial charge in [0.1, 0.15) is 6.04 Å². The molecule has 4 aliphatic rings. The molecule has 7 nitrogen and oxygen atoms in total. The summed E-state index contributed by atoms with van der Waals surface area (Å²) >= 11 is 0. The molecule has 186 valence electrons. The Bertz CT molecular complexity index is 710. The summed E-state index contributed by atoms with van der Waals surface area (Å²) in [6, 6.07) is -0.184. The van der Waals surface area contributed by atoms with Crippen LogP contribution in [-0.4, -0.2) is 83.3 Å². The monoisotopic (exact) mass is 460 g/mol. The van der Waals surface area contributed by atoms with E-state index in [9.17, 15) is 14.4 Å². The second-order valence-corrected chi connectivity index (χ2v) is 11.2. The van der Waals surface area contributed by atoms with Crippen molar-refractivity contribution in [3.8, 4) is 0 Å². The molecule has 1 N–H and O–H groups in total. The van der Waals surface area contributed by atoms with Crippen molar-refractivity contribution in [2.75, 3.05) is 32.7 Å². The van der Waals surface area contributed by atoms with E-state index in [4.69, 9.17) is 0 Å². The smallest absolute Gasteiger partial charge is 0.245 e. The van der Waals surface area contributed by atoms with Crippen LogP contribution in [0.4, 0.5) is 0 Å². The Hall–Kier alpha value is -1.63. The number of hydrogen-bond acceptors (Lipinski definition) is 4. The van der Waals surface area contributed by atoms with E-state index in [1.165, 1.54) is 25.7 Å². The van der Waals surface area contributed by atoms with Crippen LogP contribution < -0.4 is 5.32 Å². The molecule has 3 amide bonds. The van der Waals surface area contributed by atoms with Gasteiger partial charge in [0.15, 0.2) is 0 Å². The van der Waals surface area contributed by atoms with Crippen molar-refractivity contribution < 1.29 is 14.4 Å². The van der Waals surface area contributed by atoms with Crippen LogP contribution in [0, 0.1) is 17.8 Å². The summed E-state index contributed by atoms with van der Waals surface area (Å²) in [6.07, 6.45) is 8.92. The summed E-state index contributed by atoms with van der Waals surface area (Å²) in [6.45, 7) is 9.74. The Balaban J connectivity index is 1.34. The second-order valence-electron chi connectivity index (χ2n) is 11.2. The third kappa shape index (κ3) is 6.28. The third-order valence-electron chi connectivity index (χ3n) is 8.18. The number of rotatable bonds is 10. The molecule has 0 radical (unpaired) electrons. The van der Waals surface area contributed by atoms with E-state index in [-0.39, 0.29) is 35.8 Å². The van der Waals surface area contributed by atoms with Gasteiger partial charge in [-0.05, 0) is 64.2 Å². The minimum Gasteiger partial charge on any atom is -0.341 e. The molecule has 2 saturated carbocycles. The molecule has 0 aromatic carbocycles. The van der Waals surface area contributed by atoms with Gasteiger partial charge in [0, 0.05) is 45.2 Å². The largest absolute Gasteiger partial charge is 0.341 e. The molecule has 7 heteroatoms. The predicted octanol–water partition coefficient (Wildman–Crippen LogP) is 2.64. The summed E-state index contributed by atoms with van der Waals surface area (Å²) in [7, 11) is 0. The maximum atomic E-state index is 13.7. The molecule has 0 aromatic heterocycles. The number of carbonyl (C=O) groups is 3. The third-order valence-corrected chi connectivity index (χ3v) is 8.18. The molecule has 0 unspecified atom stereocenters. The van der Waals surface area contributed by atoms with E-state index in [2.05, 4.69) is 19.2 Å². The minimum atomic E-state index is -0.302. The standard InChI is InChI=1S/C26H44N4O3/c1-4-29(18(2)3)24(31)17-21-9-12-28(13-10-21)26(33)23(16-20-7-8-20)30-14-11-27-22(25(30)32)15-19-5-6-19/h18-23,27H,4-17H2,1-3H3/t22-,23-/m0/s1. The molecule has 2 saturated heterocycles. The maximum absolute atomic E-state index is 13.7. The maximum Gasteiger partial charge on any atom is 0.245 e. The highest BCUT2D eigenvalue weighted by molar-refractivity contribution is 5.90. The molecular weight excluding hydrogens is 416 g/mol. The fourth-order valence-corrected chi connectivity index (χ4v) is 5.73. The van der Waals surface area contributed by atoms with Crippen molar-refractivity contribution in [1.82, 2.24) is 20.0 Å². The molecule has 0 spiro atoms. The molecule has 2 atom stereocenters. The quantitative estimate of drug-likeness (QED) is 0.544. The number of amides is 3. The number of nitrogens with zero attached hydrogens (tertiary/aromatic N) is 3. The lowest BCUT2D eigenvalue weighted by Gasteiger charge is -2.41. The van der Waals surface area contributed by atoms with Gasteiger partial charge in [0.05, 0.1) is 6.04 Å². The second kappa shape index (κ2) is 10.7. The number of piperazine rings is 1. The van der Waals surface area contributed by atoms with Crippen molar-refractivity contribution in [3.05, 3.63) is 0 Å². The van der Waals surface area contributed by atoms with Gasteiger partial charge in [-0.2, -0.15) is 0 Å². The van der Waals surface area contributed by atoms with Crippen LogP contribution in [-0.2, 0) is 14.4 Å². The summed E-state index contributed by atoms with van der Waals surface area (Å²) in [5, 5.41) is 3.41. The van der Waals surface area contributed by atoms with Crippen LogP contribution in [0.15, 0.2) is 0 Å². The SMILES string of the molecule is CCN(C(=O)CC1CCN(C(=O)[C@H](CC2CC2)N2CCN[C@@H](CC3CC3)C2=O)CC1)C(C)C. The number of piperidine rings is 1. The fraction of sp³-hybridized carbons (Fsp3) is 0.885. The van der Waals surface area contributed by atoms with Gasteiger partial charge in [0.2, 0.25) is 17.7 Å². The Morgan fingerprint density at radius 1 is 1.00 bits per heavy atom. The van der Waals surface area contributed by atoms with Crippen LogP contribution in [0.2, 0.25) is 0 Å². The summed E-state index contributed by atoms with van der Waals surface area (Å²) in [5.41, 5.74) is 0. The van der Waals surface area contributed by atoms with Crippen LogP contribution in [0.5, 0.6) is 0 Å². The lowest BCUT2D eigenvalue weighted by molar-refractivity contribution is -0.150. The molecule has 2 heterocycles. The van der Waals surface area contributed by atoms with Gasteiger partial charge in [-0.25, -0.2) is 0 Å². The average Bonchev–Trinajstić information content (AvgIpc) is 3.71. The van der Waals surface area contributed by atoms with Gasteiger partial charge < -0.3 is 20.0 Å². The molecular formula is C26H44N4O3. The number of likely N-dealkylation sites (tertiary alicyclic amines) is 1. The molecule has 33 heavy (non-hydrogen) atoms. The van der Waals surface area contributed by atoms with Crippen molar-refractivity contribution in [2.45, 2.75) is 96.7 Å². The molecule has 2 aliphatic heterocycles. The highest BCUT2D eigenvalue weighted by Crippen LogP contribution is 2.37. The van der Waals surface area contributed by atoms with E-state index < -0.39 is 0 Å². The zero-order chi connectivity index (χ0) is 23.5. The van der Waals surface area contributed by atoms with E-state index in [1.807, 2.05) is 21.6 Å². The summed E-state index contributed by atoms with van der Waals surface area (Å²) < 4.78 is 0. The predicted molar refractivity (Wildman–Crippen MR) is 128 cm³/mol. The van der Waals surface area contributed by atoms with Crippen LogP contribution in [0.1, 0.15) is 78.6 Å². The first-order valence-corrected chi connectivity index (χ1v) is 13.5. The average molecular weight is 461 g/mol. The Kier molecular flexibility index (Phi) is 7.98. The van der Waals surface area contributed by atoms with Crippen molar-refractivity contribution in [2.24, 2.45) is 17.8 Å². The number of carbonyl (C=O) groups excluding carboxylic acids is 3. The molecule has 4 fully saturated rings. The first-order chi connectivity index (χ1) is 15.9. The lowest BCUT2D eigenvalue weighted by Crippen LogP contribution is -2.62. The summed E-state index contributed by atoms with van der Waals surface area (Å²) in [4.78, 5) is 45.5. The van der Waals surface area contributed by atoms with E-state index in [0.717, 1.165) is 38.8 Å². The Morgan fingerprint density at radius 3 is 2.24 bits per heavy atom. The minimum absolute atomic E-state index is 0.111. The molecule has 2 aliphatic carbocycles. The number of hydrogen-bond donors (Lipinski definition) is 1. The fourth-order valence-electron chi connectivity index (χ4n) is 5.73. The first-order valence-electron chi connectivity index (χ1n) is 13.5. The van der Waals surface area contributed by atoms with E-state index >= 15 is 0 Å². The van der Waals surface area contributed by atoms with Crippen LogP contribution in [0.25, 0.3) is 0 Å². The van der Waals surface area contributed by atoms with Crippen molar-refractivity contribution in [3.63, 3.8) is 0 Å². The summed E-state index contributed by atoms with van der Waals surface area (Å²) in [5.74, 6) is 2.14.